The zero-order valence-corrected chi connectivity index (χ0v) is 11.6. The van der Waals surface area contributed by atoms with Gasteiger partial charge in [-0.25, -0.2) is 0 Å². The fourth-order valence-electron chi connectivity index (χ4n) is 1.75. The molecule has 84 valence electrons. The maximum atomic E-state index is 10.1. The minimum absolute atomic E-state index is 0.265. The number of nitrogens with zero attached hydrogens (tertiary/aromatic N) is 1. The van der Waals surface area contributed by atoms with Crippen LogP contribution in [0.4, 0.5) is 0 Å². The van der Waals surface area contributed by atoms with Crippen LogP contribution in [-0.2, 0) is 0 Å². The Labute approximate surface area is 90.6 Å². The van der Waals surface area contributed by atoms with E-state index in [0.717, 1.165) is 5.92 Å². The van der Waals surface area contributed by atoms with E-state index in [-0.39, 0.29) is 7.76 Å². The lowest BCUT2D eigenvalue weighted by Gasteiger charge is -2.37. The predicted molar refractivity (Wildman–Crippen MR) is 67.1 cm³/mol. The van der Waals surface area contributed by atoms with Crippen LogP contribution in [0.3, 0.4) is 0 Å². The third kappa shape index (κ3) is 3.42. The van der Waals surface area contributed by atoms with Gasteiger partial charge in [-0.2, -0.15) is 0 Å². The van der Waals surface area contributed by atoms with Crippen LogP contribution in [0.1, 0.15) is 33.6 Å². The molecule has 2 atom stereocenters. The molecule has 0 aromatic carbocycles. The summed E-state index contributed by atoms with van der Waals surface area (Å²) >= 11 is 0. The second-order valence-corrected chi connectivity index (χ2v) is 10.7. The summed E-state index contributed by atoms with van der Waals surface area (Å²) in [7, 11) is -1.01. The Balaban J connectivity index is 2.41. The SMILES string of the molecule is CC1CCN(P(C)P(O)C(C)C)CC1. The highest BCUT2D eigenvalue weighted by Gasteiger charge is 2.26. The van der Waals surface area contributed by atoms with Gasteiger partial charge >= 0.3 is 0 Å². The highest BCUT2D eigenvalue weighted by molar-refractivity contribution is 8.26. The molecule has 1 saturated heterocycles. The van der Waals surface area contributed by atoms with Gasteiger partial charge in [-0.05, 0) is 25.4 Å². The lowest BCUT2D eigenvalue weighted by Crippen LogP contribution is -2.28. The van der Waals surface area contributed by atoms with Crippen molar-refractivity contribution in [1.29, 1.82) is 0 Å². The minimum Gasteiger partial charge on any atom is -0.368 e. The standard InChI is InChI=1S/C10H23NOP2/c1-9(2)14(12)13(4)11-7-5-10(3)6-8-11/h9-10,12H,5-8H2,1-4H3. The molecule has 1 aliphatic rings. The summed E-state index contributed by atoms with van der Waals surface area (Å²) in [4.78, 5) is 10.1. The normalized spacial score (nSPS) is 25.3. The molecule has 0 saturated carbocycles. The molecule has 1 N–H and O–H groups in total. The first-order valence-electron chi connectivity index (χ1n) is 5.49. The van der Waals surface area contributed by atoms with Gasteiger partial charge in [0.25, 0.3) is 0 Å². The van der Waals surface area contributed by atoms with E-state index in [1.165, 1.54) is 25.9 Å². The number of hydrogen-bond donors (Lipinski definition) is 1. The van der Waals surface area contributed by atoms with E-state index in [1.807, 2.05) is 0 Å². The van der Waals surface area contributed by atoms with Crippen molar-refractivity contribution in [3.63, 3.8) is 0 Å². The Bertz CT molecular complexity index is 170. The van der Waals surface area contributed by atoms with Gasteiger partial charge in [0.05, 0.1) is 7.84 Å². The summed E-state index contributed by atoms with van der Waals surface area (Å²) in [6, 6.07) is 0. The third-order valence-electron chi connectivity index (χ3n) is 2.93. The smallest absolute Gasteiger partial charge is 0.0669 e. The van der Waals surface area contributed by atoms with Crippen molar-refractivity contribution in [3.05, 3.63) is 0 Å². The average Bonchev–Trinajstić information content (AvgIpc) is 2.16. The molecule has 1 fully saturated rings. The first-order chi connectivity index (χ1) is 6.52. The van der Waals surface area contributed by atoms with Crippen LogP contribution >= 0.6 is 15.6 Å². The predicted octanol–water partition coefficient (Wildman–Crippen LogP) is 3.46. The first-order valence-corrected chi connectivity index (χ1v) is 9.30. The van der Waals surface area contributed by atoms with Crippen LogP contribution in [0.25, 0.3) is 0 Å². The second kappa shape index (κ2) is 5.75. The van der Waals surface area contributed by atoms with E-state index in [1.54, 1.807) is 0 Å². The van der Waals surface area contributed by atoms with Crippen molar-refractivity contribution >= 4 is 15.6 Å². The second-order valence-electron chi connectivity index (χ2n) is 4.54. The van der Waals surface area contributed by atoms with Gasteiger partial charge in [-0.3, -0.25) is 4.67 Å². The van der Waals surface area contributed by atoms with E-state index < -0.39 is 7.84 Å². The molecule has 2 nitrogen and oxygen atoms in total. The van der Waals surface area contributed by atoms with E-state index in [9.17, 15) is 4.89 Å². The first kappa shape index (κ1) is 12.8. The van der Waals surface area contributed by atoms with Crippen molar-refractivity contribution in [3.8, 4) is 0 Å². The molecule has 0 bridgehead atoms. The Morgan fingerprint density at radius 3 is 2.21 bits per heavy atom. The lowest BCUT2D eigenvalue weighted by atomic mass is 10.0. The molecule has 0 aromatic heterocycles. The van der Waals surface area contributed by atoms with Crippen molar-refractivity contribution in [1.82, 2.24) is 4.67 Å². The van der Waals surface area contributed by atoms with Crippen LogP contribution < -0.4 is 0 Å². The van der Waals surface area contributed by atoms with E-state index in [2.05, 4.69) is 32.1 Å². The van der Waals surface area contributed by atoms with Crippen molar-refractivity contribution < 1.29 is 4.89 Å². The molecule has 1 aliphatic heterocycles. The molecule has 2 unspecified atom stereocenters. The molecule has 0 aliphatic carbocycles. The maximum Gasteiger partial charge on any atom is 0.0669 e. The van der Waals surface area contributed by atoms with E-state index in [0.29, 0.717) is 5.66 Å². The molecule has 0 spiro atoms. The maximum absolute atomic E-state index is 10.1. The zero-order valence-electron chi connectivity index (χ0n) is 9.77. The zero-order chi connectivity index (χ0) is 10.7. The van der Waals surface area contributed by atoms with Crippen LogP contribution in [0, 0.1) is 5.92 Å². The summed E-state index contributed by atoms with van der Waals surface area (Å²) in [6.45, 7) is 11.3. The highest BCUT2D eigenvalue weighted by atomic mass is 32.1. The summed E-state index contributed by atoms with van der Waals surface area (Å²) in [5.74, 6) is 0.888. The van der Waals surface area contributed by atoms with Gasteiger partial charge < -0.3 is 4.89 Å². The van der Waals surface area contributed by atoms with E-state index in [4.69, 9.17) is 0 Å². The number of piperidine rings is 1. The van der Waals surface area contributed by atoms with Crippen molar-refractivity contribution in [2.45, 2.75) is 39.3 Å². The van der Waals surface area contributed by atoms with Crippen molar-refractivity contribution in [2.24, 2.45) is 5.92 Å². The molecule has 0 amide bonds. The Hall–Kier alpha value is 0.780. The third-order valence-corrected chi connectivity index (χ3v) is 9.59. The van der Waals surface area contributed by atoms with Gasteiger partial charge in [0.2, 0.25) is 0 Å². The molecule has 1 heterocycles. The molecule has 0 aromatic rings. The molecule has 0 radical (unpaired) electrons. The molecule has 14 heavy (non-hydrogen) atoms. The number of rotatable bonds is 3. The lowest BCUT2D eigenvalue weighted by molar-refractivity contribution is 0.303. The summed E-state index contributed by atoms with van der Waals surface area (Å²) in [5, 5.41) is 0. The summed E-state index contributed by atoms with van der Waals surface area (Å²) in [6.07, 6.45) is 2.63. The Kier molecular flexibility index (Phi) is 5.28. The molecular formula is C10H23NOP2. The van der Waals surface area contributed by atoms with Crippen LogP contribution in [0.2, 0.25) is 0 Å². The molecule has 1 rings (SSSR count). The number of hydrogen-bond acceptors (Lipinski definition) is 2. The highest BCUT2D eigenvalue weighted by Crippen LogP contribution is 2.68. The Morgan fingerprint density at radius 2 is 1.79 bits per heavy atom. The largest absolute Gasteiger partial charge is 0.368 e. The topological polar surface area (TPSA) is 23.5 Å². The van der Waals surface area contributed by atoms with Crippen LogP contribution in [-0.4, -0.2) is 35.0 Å². The summed E-state index contributed by atoms with van der Waals surface area (Å²) < 4.78 is 2.53. The Morgan fingerprint density at radius 1 is 1.29 bits per heavy atom. The van der Waals surface area contributed by atoms with Gasteiger partial charge in [0.1, 0.15) is 0 Å². The van der Waals surface area contributed by atoms with Gasteiger partial charge in [-0.15, -0.1) is 0 Å². The average molecular weight is 235 g/mol. The van der Waals surface area contributed by atoms with Crippen LogP contribution in [0.5, 0.6) is 0 Å². The van der Waals surface area contributed by atoms with Gasteiger partial charge in [0, 0.05) is 26.5 Å². The van der Waals surface area contributed by atoms with Crippen molar-refractivity contribution in [2.75, 3.05) is 19.8 Å². The van der Waals surface area contributed by atoms with E-state index >= 15 is 0 Å². The monoisotopic (exact) mass is 235 g/mol. The molecule has 4 heteroatoms. The quantitative estimate of drug-likeness (QED) is 0.757. The molecular weight excluding hydrogens is 212 g/mol. The summed E-state index contributed by atoms with van der Waals surface area (Å²) in [5.41, 5.74) is 0.459. The van der Waals surface area contributed by atoms with Gasteiger partial charge in [0.15, 0.2) is 0 Å². The van der Waals surface area contributed by atoms with Gasteiger partial charge in [-0.1, -0.05) is 20.8 Å². The fraction of sp³-hybridized carbons (Fsp3) is 1.00. The van der Waals surface area contributed by atoms with Crippen LogP contribution in [0.15, 0.2) is 0 Å². The minimum atomic E-state index is -0.747. The fourth-order valence-corrected chi connectivity index (χ4v) is 6.81.